The minimum absolute atomic E-state index is 0.263. The molecule has 0 N–H and O–H groups in total. The molecule has 0 bridgehead atoms. The van der Waals surface area contributed by atoms with Crippen LogP contribution in [0.25, 0.3) is 0 Å². The fourth-order valence-corrected chi connectivity index (χ4v) is 2.64. The van der Waals surface area contributed by atoms with Gasteiger partial charge in [0.2, 0.25) is 0 Å². The van der Waals surface area contributed by atoms with Gasteiger partial charge in [0.25, 0.3) is 0 Å². The molecule has 0 spiro atoms. The maximum atomic E-state index is 9.35. The lowest BCUT2D eigenvalue weighted by atomic mass is 9.60. The normalized spacial score (nSPS) is 28.0. The molecule has 1 saturated carbocycles. The quantitative estimate of drug-likeness (QED) is 0.759. The molecule has 0 aliphatic heterocycles. The minimum atomic E-state index is -0.263. The van der Waals surface area contributed by atoms with Crippen molar-refractivity contribution in [3.8, 4) is 11.8 Å². The van der Waals surface area contributed by atoms with Crippen LogP contribution in [0, 0.1) is 24.2 Å². The molecule has 0 heterocycles. The van der Waals surface area contributed by atoms with Crippen LogP contribution in [0.15, 0.2) is 18.2 Å². The van der Waals surface area contributed by atoms with Gasteiger partial charge in [0.1, 0.15) is 5.75 Å². The highest BCUT2D eigenvalue weighted by Crippen LogP contribution is 2.47. The van der Waals surface area contributed by atoms with Crippen molar-refractivity contribution in [3.05, 3.63) is 29.3 Å². The lowest BCUT2D eigenvalue weighted by molar-refractivity contribution is 0.216. The molecule has 1 aromatic rings. The molecular weight excluding hydrogens is 198 g/mol. The molecule has 2 rings (SSSR count). The molecule has 2 heteroatoms. The lowest BCUT2D eigenvalue weighted by Gasteiger charge is -2.41. The molecule has 0 amide bonds. The highest BCUT2D eigenvalue weighted by atomic mass is 16.5. The maximum absolute atomic E-state index is 9.35. The summed E-state index contributed by atoms with van der Waals surface area (Å²) in [7, 11) is 1.68. The monoisotopic (exact) mass is 215 g/mol. The average molecular weight is 215 g/mol. The molecule has 1 aliphatic rings. The van der Waals surface area contributed by atoms with E-state index in [0.29, 0.717) is 5.92 Å². The molecule has 1 aliphatic carbocycles. The Kier molecular flexibility index (Phi) is 2.63. The van der Waals surface area contributed by atoms with Crippen LogP contribution in [0.4, 0.5) is 0 Å². The van der Waals surface area contributed by atoms with E-state index in [1.807, 2.05) is 19.1 Å². The van der Waals surface area contributed by atoms with E-state index in [-0.39, 0.29) is 5.41 Å². The first-order valence-corrected chi connectivity index (χ1v) is 5.67. The number of rotatable bonds is 2. The molecule has 0 aromatic heterocycles. The highest BCUT2D eigenvalue weighted by Gasteiger charge is 2.44. The van der Waals surface area contributed by atoms with Crippen molar-refractivity contribution >= 4 is 0 Å². The third kappa shape index (κ3) is 1.57. The van der Waals surface area contributed by atoms with E-state index in [0.717, 1.165) is 29.7 Å². The van der Waals surface area contributed by atoms with Crippen LogP contribution in [0.3, 0.4) is 0 Å². The largest absolute Gasteiger partial charge is 0.496 e. The second-order valence-electron chi connectivity index (χ2n) is 4.89. The van der Waals surface area contributed by atoms with Crippen LogP contribution in [0.5, 0.6) is 5.75 Å². The second-order valence-corrected chi connectivity index (χ2v) is 4.89. The van der Waals surface area contributed by atoms with Crippen LogP contribution in [-0.4, -0.2) is 7.11 Å². The Bertz CT molecular complexity index is 439. The SMILES string of the molecule is COc1cc(C2(C#N)CC(C)C2)ccc1C. The van der Waals surface area contributed by atoms with Crippen LogP contribution in [0.2, 0.25) is 0 Å². The van der Waals surface area contributed by atoms with Crippen molar-refractivity contribution in [3.63, 3.8) is 0 Å². The van der Waals surface area contributed by atoms with Crippen LogP contribution in [-0.2, 0) is 5.41 Å². The molecular formula is C14H17NO. The van der Waals surface area contributed by atoms with Crippen molar-refractivity contribution in [2.24, 2.45) is 5.92 Å². The smallest absolute Gasteiger partial charge is 0.122 e. The summed E-state index contributed by atoms with van der Waals surface area (Å²) in [6.45, 7) is 4.21. The first-order chi connectivity index (χ1) is 7.61. The van der Waals surface area contributed by atoms with Crippen molar-refractivity contribution in [1.82, 2.24) is 0 Å². The summed E-state index contributed by atoms with van der Waals surface area (Å²) in [5, 5.41) is 9.35. The van der Waals surface area contributed by atoms with Gasteiger partial charge in [0.15, 0.2) is 0 Å². The number of ether oxygens (including phenoxy) is 1. The highest BCUT2D eigenvalue weighted by molar-refractivity contribution is 5.44. The Labute approximate surface area is 96.9 Å². The Hall–Kier alpha value is -1.49. The summed E-state index contributed by atoms with van der Waals surface area (Å²) in [5.41, 5.74) is 1.96. The van der Waals surface area contributed by atoms with Gasteiger partial charge in [-0.15, -0.1) is 0 Å². The van der Waals surface area contributed by atoms with Crippen molar-refractivity contribution < 1.29 is 4.74 Å². The van der Waals surface area contributed by atoms with E-state index in [1.165, 1.54) is 0 Å². The van der Waals surface area contributed by atoms with Gasteiger partial charge in [-0.25, -0.2) is 0 Å². The van der Waals surface area contributed by atoms with E-state index in [4.69, 9.17) is 4.74 Å². The summed E-state index contributed by atoms with van der Waals surface area (Å²) >= 11 is 0. The van der Waals surface area contributed by atoms with E-state index in [2.05, 4.69) is 19.1 Å². The molecule has 0 saturated heterocycles. The average Bonchev–Trinajstić information content (AvgIpc) is 2.25. The Morgan fingerprint density at radius 3 is 2.62 bits per heavy atom. The number of hydrogen-bond acceptors (Lipinski definition) is 2. The van der Waals surface area contributed by atoms with Gasteiger partial charge < -0.3 is 4.74 Å². The first kappa shape index (κ1) is 11.0. The summed E-state index contributed by atoms with van der Waals surface area (Å²) in [6.07, 6.45) is 1.94. The standard InChI is InChI=1S/C14H17NO/c1-10-7-14(8-10,9-15)12-5-4-11(2)13(6-12)16-3/h4-6,10H,7-8H2,1-3H3. The molecule has 2 nitrogen and oxygen atoms in total. The molecule has 1 fully saturated rings. The first-order valence-electron chi connectivity index (χ1n) is 5.67. The van der Waals surface area contributed by atoms with Gasteiger partial charge in [0.05, 0.1) is 18.6 Å². The predicted molar refractivity (Wildman–Crippen MR) is 63.4 cm³/mol. The van der Waals surface area contributed by atoms with E-state index in [1.54, 1.807) is 7.11 Å². The zero-order chi connectivity index (χ0) is 11.8. The number of aryl methyl sites for hydroxylation is 1. The van der Waals surface area contributed by atoms with Crippen LogP contribution in [0.1, 0.15) is 30.9 Å². The van der Waals surface area contributed by atoms with Crippen LogP contribution < -0.4 is 4.74 Å². The van der Waals surface area contributed by atoms with Crippen molar-refractivity contribution in [2.75, 3.05) is 7.11 Å². The third-order valence-corrected chi connectivity index (χ3v) is 3.57. The van der Waals surface area contributed by atoms with Gasteiger partial charge in [-0.3, -0.25) is 0 Å². The zero-order valence-corrected chi connectivity index (χ0v) is 10.1. The number of benzene rings is 1. The van der Waals surface area contributed by atoms with Gasteiger partial charge in [0, 0.05) is 0 Å². The second kappa shape index (κ2) is 3.83. The molecule has 1 aromatic carbocycles. The fourth-order valence-electron chi connectivity index (χ4n) is 2.64. The molecule has 84 valence electrons. The zero-order valence-electron chi connectivity index (χ0n) is 10.1. The molecule has 0 unspecified atom stereocenters. The fraction of sp³-hybridized carbons (Fsp3) is 0.500. The topological polar surface area (TPSA) is 33.0 Å². The number of nitrogens with zero attached hydrogens (tertiary/aromatic N) is 1. The predicted octanol–water partition coefficient (Wildman–Crippen LogP) is 3.19. The number of nitriles is 1. The number of methoxy groups -OCH3 is 1. The summed E-state index contributed by atoms with van der Waals surface area (Å²) in [4.78, 5) is 0. The Balaban J connectivity index is 2.38. The van der Waals surface area contributed by atoms with Gasteiger partial charge >= 0.3 is 0 Å². The maximum Gasteiger partial charge on any atom is 0.122 e. The summed E-state index contributed by atoms with van der Waals surface area (Å²) in [5.74, 6) is 1.54. The minimum Gasteiger partial charge on any atom is -0.496 e. The molecule has 0 atom stereocenters. The van der Waals surface area contributed by atoms with Gasteiger partial charge in [-0.05, 0) is 42.9 Å². The van der Waals surface area contributed by atoms with Gasteiger partial charge in [-0.1, -0.05) is 19.1 Å². The lowest BCUT2D eigenvalue weighted by Crippen LogP contribution is -2.38. The Morgan fingerprint density at radius 1 is 1.44 bits per heavy atom. The third-order valence-electron chi connectivity index (χ3n) is 3.57. The number of hydrogen-bond donors (Lipinski definition) is 0. The molecule has 0 radical (unpaired) electrons. The van der Waals surface area contributed by atoms with E-state index >= 15 is 0 Å². The Morgan fingerprint density at radius 2 is 2.12 bits per heavy atom. The summed E-state index contributed by atoms with van der Waals surface area (Å²) < 4.78 is 5.31. The van der Waals surface area contributed by atoms with Crippen molar-refractivity contribution in [1.29, 1.82) is 5.26 Å². The van der Waals surface area contributed by atoms with E-state index < -0.39 is 0 Å². The van der Waals surface area contributed by atoms with E-state index in [9.17, 15) is 5.26 Å². The van der Waals surface area contributed by atoms with Crippen LogP contribution >= 0.6 is 0 Å². The van der Waals surface area contributed by atoms with Crippen molar-refractivity contribution in [2.45, 2.75) is 32.1 Å². The summed E-state index contributed by atoms with van der Waals surface area (Å²) in [6, 6.07) is 8.60. The van der Waals surface area contributed by atoms with Gasteiger partial charge in [-0.2, -0.15) is 5.26 Å². The molecule has 16 heavy (non-hydrogen) atoms.